The van der Waals surface area contributed by atoms with Gasteiger partial charge >= 0.3 is 5.97 Å². The number of esters is 1. The fraction of sp³-hybridized carbons (Fsp3) is 0.211. The number of hydrogen-bond donors (Lipinski definition) is 2. The number of ether oxygens (including phenoxy) is 1. The number of benzene rings is 2. The Balaban J connectivity index is 1.92. The van der Waals surface area contributed by atoms with Crippen molar-refractivity contribution >= 4 is 40.8 Å². The SMILES string of the molecule is CC(OC(=O)[C@H](C)NC(=O)c1ccccc1Cl)C(=O)Nc1cccc([N+](=O)[O-])c1. The molecule has 1 unspecified atom stereocenters. The predicted octanol–water partition coefficient (Wildman–Crippen LogP) is 2.94. The lowest BCUT2D eigenvalue weighted by Crippen LogP contribution is -2.42. The molecule has 0 aliphatic rings. The molecule has 0 fully saturated rings. The van der Waals surface area contributed by atoms with Crippen molar-refractivity contribution in [2.24, 2.45) is 0 Å². The van der Waals surface area contributed by atoms with E-state index in [-0.39, 0.29) is 22.0 Å². The van der Waals surface area contributed by atoms with Gasteiger partial charge in [-0.15, -0.1) is 0 Å². The fourth-order valence-corrected chi connectivity index (χ4v) is 2.47. The number of hydrogen-bond acceptors (Lipinski definition) is 6. The number of nitro groups is 1. The smallest absolute Gasteiger partial charge is 0.329 e. The number of halogens is 1. The lowest BCUT2D eigenvalue weighted by Gasteiger charge is -2.18. The number of carbonyl (C=O) groups is 3. The quantitative estimate of drug-likeness (QED) is 0.403. The summed E-state index contributed by atoms with van der Waals surface area (Å²) in [6.07, 6.45) is -1.19. The first-order valence-electron chi connectivity index (χ1n) is 8.50. The summed E-state index contributed by atoms with van der Waals surface area (Å²) >= 11 is 5.94. The highest BCUT2D eigenvalue weighted by molar-refractivity contribution is 6.33. The zero-order valence-corrected chi connectivity index (χ0v) is 16.3. The van der Waals surface area contributed by atoms with Crippen molar-refractivity contribution in [2.75, 3.05) is 5.32 Å². The summed E-state index contributed by atoms with van der Waals surface area (Å²) in [5.41, 5.74) is 0.195. The Morgan fingerprint density at radius 1 is 1.10 bits per heavy atom. The van der Waals surface area contributed by atoms with Crippen LogP contribution in [0.1, 0.15) is 24.2 Å². The van der Waals surface area contributed by atoms with Crippen LogP contribution in [0.25, 0.3) is 0 Å². The highest BCUT2D eigenvalue weighted by Crippen LogP contribution is 2.18. The lowest BCUT2D eigenvalue weighted by atomic mass is 10.2. The molecular formula is C19H18ClN3O6. The van der Waals surface area contributed by atoms with Crippen LogP contribution in [0.15, 0.2) is 48.5 Å². The van der Waals surface area contributed by atoms with E-state index in [1.165, 1.54) is 44.2 Å². The lowest BCUT2D eigenvalue weighted by molar-refractivity contribution is -0.384. The van der Waals surface area contributed by atoms with Crippen molar-refractivity contribution in [3.63, 3.8) is 0 Å². The Bertz CT molecular complexity index is 949. The number of rotatable bonds is 7. The molecule has 0 aliphatic carbocycles. The maximum Gasteiger partial charge on any atom is 0.329 e. The van der Waals surface area contributed by atoms with Crippen LogP contribution in [-0.2, 0) is 14.3 Å². The van der Waals surface area contributed by atoms with Crippen LogP contribution in [-0.4, -0.2) is 34.9 Å². The van der Waals surface area contributed by atoms with Gasteiger partial charge in [-0.1, -0.05) is 29.8 Å². The largest absolute Gasteiger partial charge is 0.451 e. The van der Waals surface area contributed by atoms with Gasteiger partial charge in [0.2, 0.25) is 0 Å². The third kappa shape index (κ3) is 6.01. The molecule has 0 heterocycles. The van der Waals surface area contributed by atoms with E-state index in [0.717, 1.165) is 0 Å². The van der Waals surface area contributed by atoms with Crippen molar-refractivity contribution in [1.82, 2.24) is 5.32 Å². The van der Waals surface area contributed by atoms with E-state index in [2.05, 4.69) is 10.6 Å². The summed E-state index contributed by atoms with van der Waals surface area (Å²) in [6.45, 7) is 2.75. The maximum absolute atomic E-state index is 12.2. The molecule has 0 aliphatic heterocycles. The minimum absolute atomic E-state index is 0.187. The van der Waals surface area contributed by atoms with Crippen molar-refractivity contribution in [3.8, 4) is 0 Å². The molecule has 10 heteroatoms. The van der Waals surface area contributed by atoms with Crippen LogP contribution >= 0.6 is 11.6 Å². The van der Waals surface area contributed by atoms with Crippen molar-refractivity contribution < 1.29 is 24.0 Å². The molecule has 2 rings (SSSR count). The predicted molar refractivity (Wildman–Crippen MR) is 106 cm³/mol. The summed E-state index contributed by atoms with van der Waals surface area (Å²) < 4.78 is 5.06. The van der Waals surface area contributed by atoms with E-state index in [1.54, 1.807) is 18.2 Å². The van der Waals surface area contributed by atoms with Gasteiger partial charge in [-0.3, -0.25) is 19.7 Å². The van der Waals surface area contributed by atoms with Crippen LogP contribution in [0, 0.1) is 10.1 Å². The average Bonchev–Trinajstić information content (AvgIpc) is 2.68. The molecule has 2 aromatic carbocycles. The molecule has 2 amide bonds. The van der Waals surface area contributed by atoms with Crippen molar-refractivity contribution in [2.45, 2.75) is 26.0 Å². The van der Waals surface area contributed by atoms with Gasteiger partial charge in [0.15, 0.2) is 6.10 Å². The van der Waals surface area contributed by atoms with E-state index in [1.807, 2.05) is 0 Å². The molecule has 0 spiro atoms. The third-order valence-electron chi connectivity index (χ3n) is 3.81. The second kappa shape index (κ2) is 9.65. The summed E-state index contributed by atoms with van der Waals surface area (Å²) in [6, 6.07) is 10.6. The van der Waals surface area contributed by atoms with Gasteiger partial charge < -0.3 is 15.4 Å². The van der Waals surface area contributed by atoms with Gasteiger partial charge in [0.1, 0.15) is 6.04 Å². The van der Waals surface area contributed by atoms with Crippen LogP contribution in [0.2, 0.25) is 5.02 Å². The Hall–Kier alpha value is -3.46. The number of anilines is 1. The first kappa shape index (κ1) is 21.8. The van der Waals surface area contributed by atoms with Gasteiger partial charge in [0.25, 0.3) is 17.5 Å². The summed E-state index contributed by atoms with van der Waals surface area (Å²) in [7, 11) is 0. The summed E-state index contributed by atoms with van der Waals surface area (Å²) in [5.74, 6) is -2.07. The zero-order valence-electron chi connectivity index (χ0n) is 15.5. The first-order valence-corrected chi connectivity index (χ1v) is 8.88. The van der Waals surface area contributed by atoms with Crippen molar-refractivity contribution in [3.05, 3.63) is 69.2 Å². The molecule has 2 atom stereocenters. The van der Waals surface area contributed by atoms with Crippen LogP contribution in [0.3, 0.4) is 0 Å². The van der Waals surface area contributed by atoms with Gasteiger partial charge in [-0.25, -0.2) is 4.79 Å². The van der Waals surface area contributed by atoms with Gasteiger partial charge in [-0.05, 0) is 32.0 Å². The van der Waals surface area contributed by atoms with Gasteiger partial charge in [0.05, 0.1) is 15.5 Å². The molecule has 0 bridgehead atoms. The minimum atomic E-state index is -1.19. The molecule has 0 saturated heterocycles. The van der Waals surface area contributed by atoms with Crippen LogP contribution < -0.4 is 10.6 Å². The number of nitrogens with one attached hydrogen (secondary N) is 2. The first-order chi connectivity index (χ1) is 13.7. The van der Waals surface area contributed by atoms with E-state index in [9.17, 15) is 24.5 Å². The summed E-state index contributed by atoms with van der Waals surface area (Å²) in [4.78, 5) is 46.7. The molecular weight excluding hydrogens is 402 g/mol. The van der Waals surface area contributed by atoms with Crippen LogP contribution in [0.5, 0.6) is 0 Å². The van der Waals surface area contributed by atoms with E-state index >= 15 is 0 Å². The molecule has 152 valence electrons. The topological polar surface area (TPSA) is 128 Å². The summed E-state index contributed by atoms with van der Waals surface area (Å²) in [5, 5.41) is 15.9. The average molecular weight is 420 g/mol. The molecule has 2 aromatic rings. The Morgan fingerprint density at radius 3 is 2.45 bits per heavy atom. The number of non-ortho nitro benzene ring substituents is 1. The highest BCUT2D eigenvalue weighted by atomic mass is 35.5. The number of carbonyl (C=O) groups excluding carboxylic acids is 3. The van der Waals surface area contributed by atoms with Crippen molar-refractivity contribution in [1.29, 1.82) is 0 Å². The second-order valence-electron chi connectivity index (χ2n) is 6.05. The number of nitrogens with zero attached hydrogens (tertiary/aromatic N) is 1. The molecule has 9 nitrogen and oxygen atoms in total. The molecule has 29 heavy (non-hydrogen) atoms. The fourth-order valence-electron chi connectivity index (χ4n) is 2.25. The highest BCUT2D eigenvalue weighted by Gasteiger charge is 2.24. The van der Waals surface area contributed by atoms with E-state index in [4.69, 9.17) is 16.3 Å². The minimum Gasteiger partial charge on any atom is -0.451 e. The van der Waals surface area contributed by atoms with E-state index < -0.39 is 34.9 Å². The normalized spacial score (nSPS) is 12.4. The third-order valence-corrected chi connectivity index (χ3v) is 4.14. The molecule has 0 radical (unpaired) electrons. The number of amides is 2. The Morgan fingerprint density at radius 2 is 1.79 bits per heavy atom. The molecule has 2 N–H and O–H groups in total. The monoisotopic (exact) mass is 419 g/mol. The standard InChI is InChI=1S/C19H18ClN3O6/c1-11(21-18(25)15-8-3-4-9-16(15)20)19(26)29-12(2)17(24)22-13-6-5-7-14(10-13)23(27)28/h3-12H,1-2H3,(H,21,25)(H,22,24)/t11-,12?/m0/s1. The Labute approximate surface area is 171 Å². The number of nitro benzene ring substituents is 1. The van der Waals surface area contributed by atoms with Gasteiger partial charge in [0, 0.05) is 17.8 Å². The molecule has 0 aromatic heterocycles. The maximum atomic E-state index is 12.2. The Kier molecular flexibility index (Phi) is 7.27. The zero-order chi connectivity index (χ0) is 21.6. The van der Waals surface area contributed by atoms with Crippen LogP contribution in [0.4, 0.5) is 11.4 Å². The second-order valence-corrected chi connectivity index (χ2v) is 6.46. The molecule has 0 saturated carbocycles. The van der Waals surface area contributed by atoms with Gasteiger partial charge in [-0.2, -0.15) is 0 Å². The van der Waals surface area contributed by atoms with E-state index in [0.29, 0.717) is 0 Å².